The van der Waals surface area contributed by atoms with Crippen LogP contribution in [-0.4, -0.2) is 17.4 Å². The van der Waals surface area contributed by atoms with Crippen molar-refractivity contribution in [3.63, 3.8) is 0 Å². The maximum Gasteiger partial charge on any atom is 0.188 e. The van der Waals surface area contributed by atoms with E-state index >= 15 is 0 Å². The van der Waals surface area contributed by atoms with Gasteiger partial charge < -0.3 is 14.8 Å². The highest BCUT2D eigenvalue weighted by Crippen LogP contribution is 2.48. The van der Waals surface area contributed by atoms with Gasteiger partial charge in [0.15, 0.2) is 10.8 Å². The number of para-hydroxylation sites is 1. The van der Waals surface area contributed by atoms with Gasteiger partial charge in [0.1, 0.15) is 11.5 Å². The molecule has 2 unspecified atom stereocenters. The minimum absolute atomic E-state index is 0.0962. The third kappa shape index (κ3) is 2.71. The van der Waals surface area contributed by atoms with Crippen molar-refractivity contribution < 1.29 is 9.47 Å². The number of nitrogens with one attached hydrogen (secondary N) is 1. The number of anilines is 1. The van der Waals surface area contributed by atoms with Gasteiger partial charge >= 0.3 is 0 Å². The van der Waals surface area contributed by atoms with Gasteiger partial charge in [0.25, 0.3) is 0 Å². The van der Waals surface area contributed by atoms with Crippen molar-refractivity contribution in [3.05, 3.63) is 53.1 Å². The summed E-state index contributed by atoms with van der Waals surface area (Å²) in [6.07, 6.45) is 0.772. The number of ether oxygens (including phenoxy) is 2. The molecule has 2 aliphatic heterocycles. The highest BCUT2D eigenvalue weighted by atomic mass is 35.5. The van der Waals surface area contributed by atoms with E-state index in [2.05, 4.69) is 12.2 Å². The summed E-state index contributed by atoms with van der Waals surface area (Å²) >= 11 is 12.0. The van der Waals surface area contributed by atoms with Crippen molar-refractivity contribution in [3.8, 4) is 11.5 Å². The van der Waals surface area contributed by atoms with Gasteiger partial charge in [-0.25, -0.2) is 0 Å². The molecule has 0 saturated carbocycles. The Kier molecular flexibility index (Phi) is 4.01. The van der Waals surface area contributed by atoms with Crippen molar-refractivity contribution in [2.24, 2.45) is 0 Å². The zero-order chi connectivity index (χ0) is 17.6. The van der Waals surface area contributed by atoms with Crippen LogP contribution in [0, 0.1) is 0 Å². The monoisotopic (exact) mass is 374 g/mol. The first-order valence-corrected chi connectivity index (χ1v) is 9.11. The summed E-state index contributed by atoms with van der Waals surface area (Å²) < 4.78 is 11.9. The van der Waals surface area contributed by atoms with E-state index in [0.717, 1.165) is 29.2 Å². The highest BCUT2D eigenvalue weighted by molar-refractivity contribution is 7.80. The van der Waals surface area contributed by atoms with E-state index in [4.69, 9.17) is 33.3 Å². The lowest BCUT2D eigenvalue weighted by atomic mass is 9.90. The van der Waals surface area contributed by atoms with E-state index in [1.165, 1.54) is 0 Å². The van der Waals surface area contributed by atoms with E-state index in [1.807, 2.05) is 54.3 Å². The number of hydrogen-bond donors (Lipinski definition) is 1. The van der Waals surface area contributed by atoms with Crippen LogP contribution < -0.4 is 19.7 Å². The summed E-state index contributed by atoms with van der Waals surface area (Å²) in [4.78, 5) is 2.01. The topological polar surface area (TPSA) is 33.7 Å². The maximum absolute atomic E-state index is 6.38. The number of halogens is 1. The lowest BCUT2D eigenvalue weighted by molar-refractivity contribution is 0.0499. The molecule has 1 fully saturated rings. The van der Waals surface area contributed by atoms with Gasteiger partial charge in [-0.3, -0.25) is 4.90 Å². The van der Waals surface area contributed by atoms with E-state index in [1.54, 1.807) is 0 Å². The fourth-order valence-electron chi connectivity index (χ4n) is 3.60. The van der Waals surface area contributed by atoms with Crippen molar-refractivity contribution in [2.45, 2.75) is 32.0 Å². The Morgan fingerprint density at radius 2 is 2.08 bits per heavy atom. The first-order chi connectivity index (χ1) is 12.0. The molecule has 0 aromatic heterocycles. The molecule has 2 aliphatic rings. The van der Waals surface area contributed by atoms with E-state index in [9.17, 15) is 0 Å². The molecule has 1 N–H and O–H groups in total. The number of nitrogens with zero attached hydrogens (tertiary/aromatic N) is 1. The van der Waals surface area contributed by atoms with Gasteiger partial charge in [-0.1, -0.05) is 23.7 Å². The quantitative estimate of drug-likeness (QED) is 0.789. The molecule has 2 aromatic carbocycles. The van der Waals surface area contributed by atoms with Gasteiger partial charge in [-0.15, -0.1) is 0 Å². The van der Waals surface area contributed by atoms with Gasteiger partial charge in [0.05, 0.1) is 17.7 Å². The Bertz CT molecular complexity index is 827. The van der Waals surface area contributed by atoms with Crippen LogP contribution in [0.1, 0.15) is 31.9 Å². The molecule has 0 aliphatic carbocycles. The molecule has 2 heterocycles. The van der Waals surface area contributed by atoms with E-state index in [-0.39, 0.29) is 6.04 Å². The highest BCUT2D eigenvalue weighted by Gasteiger charge is 2.48. The molecule has 25 heavy (non-hydrogen) atoms. The normalized spacial score (nSPS) is 24.2. The minimum Gasteiger partial charge on any atom is -0.494 e. The van der Waals surface area contributed by atoms with Crippen LogP contribution in [0.2, 0.25) is 5.02 Å². The molecule has 4 nitrogen and oxygen atoms in total. The van der Waals surface area contributed by atoms with E-state index < -0.39 is 5.72 Å². The number of hydrogen-bond acceptors (Lipinski definition) is 3. The summed E-state index contributed by atoms with van der Waals surface area (Å²) in [7, 11) is 0. The second-order valence-electron chi connectivity index (χ2n) is 6.40. The van der Waals surface area contributed by atoms with E-state index in [0.29, 0.717) is 16.7 Å². The predicted molar refractivity (Wildman–Crippen MR) is 104 cm³/mol. The predicted octanol–water partition coefficient (Wildman–Crippen LogP) is 4.67. The van der Waals surface area contributed by atoms with Crippen molar-refractivity contribution >= 4 is 34.6 Å². The molecule has 1 saturated heterocycles. The molecular weight excluding hydrogens is 356 g/mol. The molecule has 130 valence electrons. The van der Waals surface area contributed by atoms with Gasteiger partial charge in [0, 0.05) is 17.7 Å². The third-order valence-electron chi connectivity index (χ3n) is 4.66. The SMILES string of the molecule is CCOc1ccc(N2C(=S)NC3CC2(C)Oc2c(Cl)cccc23)cc1. The molecule has 2 atom stereocenters. The molecule has 4 rings (SSSR count). The summed E-state index contributed by atoms with van der Waals surface area (Å²) in [5.74, 6) is 1.57. The number of fused-ring (bicyclic) bond motifs is 4. The zero-order valence-corrected chi connectivity index (χ0v) is 15.7. The summed E-state index contributed by atoms with van der Waals surface area (Å²) in [6, 6.07) is 13.8. The van der Waals surface area contributed by atoms with Crippen LogP contribution in [0.4, 0.5) is 5.69 Å². The van der Waals surface area contributed by atoms with Crippen LogP contribution in [0.5, 0.6) is 11.5 Å². The fraction of sp³-hybridized carbons (Fsp3) is 0.316. The molecule has 2 aromatic rings. The largest absolute Gasteiger partial charge is 0.494 e. The molecule has 2 bridgehead atoms. The number of rotatable bonds is 3. The second kappa shape index (κ2) is 6.07. The molecule has 6 heteroatoms. The number of thiocarbonyl (C=S) groups is 1. The second-order valence-corrected chi connectivity index (χ2v) is 7.20. The molecule has 0 amide bonds. The zero-order valence-electron chi connectivity index (χ0n) is 14.1. The van der Waals surface area contributed by atoms with Gasteiger partial charge in [-0.2, -0.15) is 0 Å². The Labute approximate surface area is 157 Å². The first kappa shape index (κ1) is 16.5. The Morgan fingerprint density at radius 3 is 2.80 bits per heavy atom. The molecule has 0 radical (unpaired) electrons. The summed E-state index contributed by atoms with van der Waals surface area (Å²) in [5.41, 5.74) is 1.41. The lowest BCUT2D eigenvalue weighted by Crippen LogP contribution is -2.65. The van der Waals surface area contributed by atoms with Crippen molar-refractivity contribution in [2.75, 3.05) is 11.5 Å². The van der Waals surface area contributed by atoms with Crippen LogP contribution in [0.15, 0.2) is 42.5 Å². The fourth-order valence-corrected chi connectivity index (χ4v) is 4.26. The van der Waals surface area contributed by atoms with Gasteiger partial charge in [-0.05, 0) is 56.4 Å². The lowest BCUT2D eigenvalue weighted by Gasteiger charge is -2.52. The summed E-state index contributed by atoms with van der Waals surface area (Å²) in [5, 5.41) is 4.70. The first-order valence-electron chi connectivity index (χ1n) is 8.33. The van der Waals surface area contributed by atoms with Gasteiger partial charge in [0.2, 0.25) is 0 Å². The average molecular weight is 375 g/mol. The summed E-state index contributed by atoms with van der Waals surface area (Å²) in [6.45, 7) is 4.66. The van der Waals surface area contributed by atoms with Crippen LogP contribution >= 0.6 is 23.8 Å². The van der Waals surface area contributed by atoms with Crippen molar-refractivity contribution in [1.29, 1.82) is 0 Å². The minimum atomic E-state index is -0.599. The third-order valence-corrected chi connectivity index (χ3v) is 5.26. The number of benzene rings is 2. The van der Waals surface area contributed by atoms with Crippen LogP contribution in [0.25, 0.3) is 0 Å². The smallest absolute Gasteiger partial charge is 0.188 e. The Balaban J connectivity index is 1.73. The Morgan fingerprint density at radius 1 is 1.32 bits per heavy atom. The molecule has 0 spiro atoms. The standard InChI is InChI=1S/C19H19ClN2O2S/c1-3-23-13-9-7-12(8-10-13)22-18(25)21-16-11-19(22,2)24-17-14(16)5-4-6-15(17)20/h4-10,16H,3,11H2,1-2H3,(H,21,25). The van der Waals surface area contributed by atoms with Crippen LogP contribution in [0.3, 0.4) is 0 Å². The van der Waals surface area contributed by atoms with Crippen LogP contribution in [-0.2, 0) is 0 Å². The average Bonchev–Trinajstić information content (AvgIpc) is 2.57. The molecular formula is C19H19ClN2O2S. The maximum atomic E-state index is 6.38. The Hall–Kier alpha value is -1.98. The van der Waals surface area contributed by atoms with Crippen molar-refractivity contribution in [1.82, 2.24) is 5.32 Å².